The molecule has 1 aromatic heterocycles. The van der Waals surface area contributed by atoms with Gasteiger partial charge in [0.2, 0.25) is 5.96 Å². The first-order chi connectivity index (χ1) is 11.6. The van der Waals surface area contributed by atoms with E-state index in [-0.39, 0.29) is 0 Å². The normalized spacial score (nSPS) is 13.7. The Morgan fingerprint density at radius 3 is 3.00 bits per heavy atom. The predicted molar refractivity (Wildman–Crippen MR) is 87.8 cm³/mol. The molecule has 1 amide bonds. The maximum Gasteiger partial charge on any atom is 0.295 e. The second-order valence-electron chi connectivity index (χ2n) is 4.72. The average molecular weight is 395 g/mol. The van der Waals surface area contributed by atoms with Crippen molar-refractivity contribution in [3.63, 3.8) is 0 Å². The van der Waals surface area contributed by atoms with Gasteiger partial charge in [0.05, 0.1) is 22.2 Å². The van der Waals surface area contributed by atoms with E-state index in [1.165, 1.54) is 4.90 Å². The fraction of sp³-hybridized carbons (Fsp3) is 0.231. The standard InChI is InChI=1S/C13H11BrN6O4/c14-11-8(1-2-9-12(11)16-4-3-15-9)18-13-17-5-6-19(13)10(21)7-24-20(22)23/h1-4H,5-7H2,(H,17,18). The zero-order valence-electron chi connectivity index (χ0n) is 12.2. The Labute approximate surface area is 143 Å². The summed E-state index contributed by atoms with van der Waals surface area (Å²) >= 11 is 3.46. The molecule has 1 aliphatic heterocycles. The molecule has 124 valence electrons. The van der Waals surface area contributed by atoms with Crippen LogP contribution in [0.4, 0.5) is 5.69 Å². The molecule has 1 aliphatic rings. The van der Waals surface area contributed by atoms with Crippen LogP contribution >= 0.6 is 15.9 Å². The van der Waals surface area contributed by atoms with Gasteiger partial charge in [-0.2, -0.15) is 0 Å². The third kappa shape index (κ3) is 3.25. The van der Waals surface area contributed by atoms with Gasteiger partial charge in [0.1, 0.15) is 5.52 Å². The zero-order valence-corrected chi connectivity index (χ0v) is 13.8. The second kappa shape index (κ2) is 6.74. The molecular formula is C13H11BrN6O4. The van der Waals surface area contributed by atoms with Crippen LogP contribution in [0.1, 0.15) is 0 Å². The molecule has 0 bridgehead atoms. The molecule has 0 unspecified atom stereocenters. The number of hydrogen-bond acceptors (Lipinski definition) is 8. The highest BCUT2D eigenvalue weighted by atomic mass is 79.9. The lowest BCUT2D eigenvalue weighted by Crippen LogP contribution is -2.40. The first kappa shape index (κ1) is 16.1. The van der Waals surface area contributed by atoms with Crippen LogP contribution in [0.25, 0.3) is 11.0 Å². The summed E-state index contributed by atoms with van der Waals surface area (Å²) in [5, 5.41) is 12.2. The van der Waals surface area contributed by atoms with Gasteiger partial charge in [-0.05, 0) is 28.1 Å². The van der Waals surface area contributed by atoms with Gasteiger partial charge in [0.15, 0.2) is 6.61 Å². The van der Waals surface area contributed by atoms with Crippen molar-refractivity contribution in [2.45, 2.75) is 0 Å². The molecule has 24 heavy (non-hydrogen) atoms. The molecular weight excluding hydrogens is 384 g/mol. The largest absolute Gasteiger partial charge is 0.325 e. The molecule has 10 nitrogen and oxygen atoms in total. The highest BCUT2D eigenvalue weighted by Gasteiger charge is 2.25. The number of benzene rings is 1. The number of aliphatic imine (C=N–C) groups is 1. The lowest BCUT2D eigenvalue weighted by Gasteiger charge is -2.19. The number of fused-ring (bicyclic) bond motifs is 1. The van der Waals surface area contributed by atoms with Crippen molar-refractivity contribution in [2.24, 2.45) is 4.99 Å². The minimum Gasteiger partial charge on any atom is -0.325 e. The third-order valence-electron chi connectivity index (χ3n) is 3.26. The maximum absolute atomic E-state index is 12.0. The monoisotopic (exact) mass is 394 g/mol. The van der Waals surface area contributed by atoms with Crippen LogP contribution in [0.2, 0.25) is 0 Å². The molecule has 2 aromatic rings. The van der Waals surface area contributed by atoms with Crippen molar-refractivity contribution in [1.29, 1.82) is 0 Å². The van der Waals surface area contributed by atoms with Crippen LogP contribution in [-0.2, 0) is 9.63 Å². The Bertz CT molecular complexity index is 842. The molecule has 11 heteroatoms. The van der Waals surface area contributed by atoms with Gasteiger partial charge in [-0.1, -0.05) is 0 Å². The van der Waals surface area contributed by atoms with E-state index < -0.39 is 17.6 Å². The fourth-order valence-electron chi connectivity index (χ4n) is 2.20. The molecule has 0 saturated carbocycles. The van der Waals surface area contributed by atoms with Crippen molar-refractivity contribution in [3.05, 3.63) is 39.1 Å². The van der Waals surface area contributed by atoms with Crippen LogP contribution in [0.3, 0.4) is 0 Å². The number of guanidine groups is 1. The number of nitrogens with one attached hydrogen (secondary N) is 1. The number of hydrogen-bond donors (Lipinski definition) is 1. The fourth-order valence-corrected chi connectivity index (χ4v) is 2.74. The summed E-state index contributed by atoms with van der Waals surface area (Å²) < 4.78 is 0.677. The minimum atomic E-state index is -1.00. The van der Waals surface area contributed by atoms with E-state index >= 15 is 0 Å². The summed E-state index contributed by atoms with van der Waals surface area (Å²) in [6, 6.07) is 3.56. The van der Waals surface area contributed by atoms with Crippen molar-refractivity contribution >= 4 is 44.5 Å². The number of anilines is 1. The smallest absolute Gasteiger partial charge is 0.295 e. The Balaban J connectivity index is 1.79. The number of amides is 1. The summed E-state index contributed by atoms with van der Waals surface area (Å²) in [5.74, 6) is -0.247. The van der Waals surface area contributed by atoms with E-state index in [4.69, 9.17) is 0 Å². The molecule has 0 atom stereocenters. The van der Waals surface area contributed by atoms with Crippen molar-refractivity contribution in [2.75, 3.05) is 25.0 Å². The number of aromatic nitrogens is 2. The van der Waals surface area contributed by atoms with Crippen molar-refractivity contribution in [1.82, 2.24) is 14.9 Å². The summed E-state index contributed by atoms with van der Waals surface area (Å²) in [7, 11) is 0. The highest BCUT2D eigenvalue weighted by Crippen LogP contribution is 2.29. The van der Waals surface area contributed by atoms with E-state index in [0.29, 0.717) is 34.7 Å². The molecule has 0 spiro atoms. The lowest BCUT2D eigenvalue weighted by molar-refractivity contribution is -0.754. The summed E-state index contributed by atoms with van der Waals surface area (Å²) in [5.41, 5.74) is 2.03. The van der Waals surface area contributed by atoms with Crippen LogP contribution in [0.5, 0.6) is 0 Å². The topological polar surface area (TPSA) is 123 Å². The van der Waals surface area contributed by atoms with Gasteiger partial charge in [0.25, 0.3) is 11.0 Å². The Morgan fingerprint density at radius 1 is 1.42 bits per heavy atom. The highest BCUT2D eigenvalue weighted by molar-refractivity contribution is 9.10. The first-order valence-electron chi connectivity index (χ1n) is 6.84. The van der Waals surface area contributed by atoms with Crippen LogP contribution in [0, 0.1) is 10.1 Å². The van der Waals surface area contributed by atoms with Gasteiger partial charge < -0.3 is 10.2 Å². The predicted octanol–water partition coefficient (Wildman–Crippen LogP) is 1.21. The van der Waals surface area contributed by atoms with Crippen LogP contribution in [0.15, 0.2) is 34.0 Å². The summed E-state index contributed by atoms with van der Waals surface area (Å²) in [4.78, 5) is 40.3. The van der Waals surface area contributed by atoms with E-state index in [2.05, 4.69) is 41.0 Å². The number of carbonyl (C=O) groups is 1. The summed E-state index contributed by atoms with van der Waals surface area (Å²) in [6.07, 6.45) is 3.17. The number of rotatable bonds is 4. The number of carbonyl (C=O) groups excluding carboxylic acids is 1. The SMILES string of the molecule is O=C(CO[N+](=O)[O-])N1CCN=C1Nc1ccc2nccnc2c1Br. The molecule has 0 fully saturated rings. The van der Waals surface area contributed by atoms with Gasteiger partial charge in [-0.3, -0.25) is 24.7 Å². The minimum absolute atomic E-state index is 0.302. The maximum atomic E-state index is 12.0. The first-order valence-corrected chi connectivity index (χ1v) is 7.64. The van der Waals surface area contributed by atoms with Gasteiger partial charge >= 0.3 is 0 Å². The van der Waals surface area contributed by atoms with Gasteiger partial charge in [-0.15, -0.1) is 10.1 Å². The molecule has 1 aromatic carbocycles. The van der Waals surface area contributed by atoms with E-state index in [9.17, 15) is 14.9 Å². The van der Waals surface area contributed by atoms with Crippen molar-refractivity contribution < 1.29 is 14.7 Å². The average Bonchev–Trinajstić information content (AvgIpc) is 3.03. The summed E-state index contributed by atoms with van der Waals surface area (Å²) in [6.45, 7) is 0.0723. The number of halogens is 1. The Kier molecular flexibility index (Phi) is 4.51. The zero-order chi connectivity index (χ0) is 17.1. The molecule has 2 heterocycles. The van der Waals surface area contributed by atoms with E-state index in [0.717, 1.165) is 5.52 Å². The van der Waals surface area contributed by atoms with Gasteiger partial charge in [0, 0.05) is 18.9 Å². The molecule has 3 rings (SSSR count). The van der Waals surface area contributed by atoms with E-state index in [1.54, 1.807) is 24.5 Å². The van der Waals surface area contributed by atoms with Crippen molar-refractivity contribution in [3.8, 4) is 0 Å². The van der Waals surface area contributed by atoms with E-state index in [1.807, 2.05) is 0 Å². The molecule has 1 N–H and O–H groups in total. The lowest BCUT2D eigenvalue weighted by atomic mass is 10.2. The quantitative estimate of drug-likeness (QED) is 0.610. The van der Waals surface area contributed by atoms with Crippen LogP contribution < -0.4 is 5.32 Å². The Hall–Kier alpha value is -2.82. The number of nitrogens with zero attached hydrogens (tertiary/aromatic N) is 5. The molecule has 0 radical (unpaired) electrons. The van der Waals surface area contributed by atoms with Crippen LogP contribution in [-0.4, -0.2) is 51.5 Å². The Morgan fingerprint density at radius 2 is 2.21 bits per heavy atom. The van der Waals surface area contributed by atoms with Gasteiger partial charge in [-0.25, -0.2) is 0 Å². The molecule has 0 saturated heterocycles. The second-order valence-corrected chi connectivity index (χ2v) is 5.52. The molecule has 0 aliphatic carbocycles. The third-order valence-corrected chi connectivity index (χ3v) is 4.06.